The van der Waals surface area contributed by atoms with E-state index in [2.05, 4.69) is 24.8 Å². The van der Waals surface area contributed by atoms with Crippen LogP contribution in [-0.4, -0.2) is 6.47 Å². The minimum absolute atomic E-state index is 0. The van der Waals surface area contributed by atoms with Crippen LogP contribution in [0.2, 0.25) is 0 Å². The molecule has 0 bridgehead atoms. The van der Waals surface area contributed by atoms with E-state index in [9.17, 15) is 0 Å². The Bertz CT molecular complexity index is 192. The molecule has 1 aromatic carbocycles. The Morgan fingerprint density at radius 2 is 1.75 bits per heavy atom. The molecule has 0 saturated carbocycles. The van der Waals surface area contributed by atoms with Crippen LogP contribution in [0.5, 0.6) is 0 Å². The molecule has 0 aromatic heterocycles. The summed E-state index contributed by atoms with van der Waals surface area (Å²) >= 11 is 4.11. The van der Waals surface area contributed by atoms with E-state index < -0.39 is 6.47 Å². The summed E-state index contributed by atoms with van der Waals surface area (Å²) < 4.78 is 0. The van der Waals surface area contributed by atoms with Crippen molar-refractivity contribution in [2.45, 2.75) is 5.75 Å². The van der Waals surface area contributed by atoms with Gasteiger partial charge in [-0.15, -0.1) is 0 Å². The molecule has 0 spiro atoms. The normalized spacial score (nSPS) is 7.08. The third kappa shape index (κ3) is 8.14. The third-order valence-corrected chi connectivity index (χ3v) is 1.39. The van der Waals surface area contributed by atoms with Crippen molar-refractivity contribution in [1.29, 1.82) is 0 Å². The van der Waals surface area contributed by atoms with Gasteiger partial charge in [-0.25, -0.2) is 0 Å². The monoisotopic (exact) mass is 192 g/mol. The third-order valence-electron chi connectivity index (χ3n) is 1.03. The molecule has 0 aliphatic carbocycles. The Morgan fingerprint density at radius 3 is 2.00 bits per heavy atom. The van der Waals surface area contributed by atoms with Crippen LogP contribution >= 0.6 is 12.6 Å². The van der Waals surface area contributed by atoms with Gasteiger partial charge in [0.15, 0.2) is 0 Å². The SMILES string of the molecule is O=C[O-].SCc1ccccc1.[Na+]. The van der Waals surface area contributed by atoms with E-state index in [-0.39, 0.29) is 29.6 Å². The number of carbonyl (C=O) groups excluding carboxylic acids is 1. The maximum absolute atomic E-state index is 8.25. The number of hydrogen-bond donors (Lipinski definition) is 1. The summed E-state index contributed by atoms with van der Waals surface area (Å²) in [7, 11) is 0. The molecule has 0 saturated heterocycles. The molecular formula is C8H9NaO2S. The van der Waals surface area contributed by atoms with Gasteiger partial charge in [-0.3, -0.25) is 0 Å². The first kappa shape index (κ1) is 14.6. The van der Waals surface area contributed by atoms with Crippen molar-refractivity contribution in [3.8, 4) is 0 Å². The molecule has 0 fully saturated rings. The van der Waals surface area contributed by atoms with Gasteiger partial charge in [-0.2, -0.15) is 12.6 Å². The van der Waals surface area contributed by atoms with Gasteiger partial charge in [-0.1, -0.05) is 30.3 Å². The Balaban J connectivity index is 0. The first-order valence-electron chi connectivity index (χ1n) is 3.05. The van der Waals surface area contributed by atoms with Crippen LogP contribution in [0.15, 0.2) is 30.3 Å². The Kier molecular flexibility index (Phi) is 13.4. The van der Waals surface area contributed by atoms with E-state index in [4.69, 9.17) is 9.90 Å². The molecule has 2 nitrogen and oxygen atoms in total. The predicted molar refractivity (Wildman–Crippen MR) is 45.2 cm³/mol. The number of hydrogen-bond acceptors (Lipinski definition) is 3. The fourth-order valence-electron chi connectivity index (χ4n) is 0.583. The molecule has 1 rings (SSSR count). The van der Waals surface area contributed by atoms with Crippen molar-refractivity contribution in [1.82, 2.24) is 0 Å². The molecule has 0 N–H and O–H groups in total. The fraction of sp³-hybridized carbons (Fsp3) is 0.125. The molecular weight excluding hydrogens is 183 g/mol. The van der Waals surface area contributed by atoms with Crippen molar-refractivity contribution in [2.24, 2.45) is 0 Å². The zero-order valence-corrected chi connectivity index (χ0v) is 9.83. The largest absolute Gasteiger partial charge is 1.00 e. The minimum Gasteiger partial charge on any atom is -0.554 e. The van der Waals surface area contributed by atoms with E-state index in [1.165, 1.54) is 5.56 Å². The topological polar surface area (TPSA) is 40.1 Å². The van der Waals surface area contributed by atoms with Crippen molar-refractivity contribution in [3.63, 3.8) is 0 Å². The molecule has 0 aliphatic heterocycles. The molecule has 12 heavy (non-hydrogen) atoms. The van der Waals surface area contributed by atoms with Crippen LogP contribution in [0.3, 0.4) is 0 Å². The zero-order valence-electron chi connectivity index (χ0n) is 6.93. The van der Waals surface area contributed by atoms with Crippen molar-refractivity contribution < 1.29 is 39.5 Å². The van der Waals surface area contributed by atoms with Gasteiger partial charge in [0.1, 0.15) is 0 Å². The van der Waals surface area contributed by atoms with Crippen LogP contribution in [-0.2, 0) is 10.5 Å². The molecule has 0 amide bonds. The molecule has 0 atom stereocenters. The van der Waals surface area contributed by atoms with Gasteiger partial charge < -0.3 is 9.90 Å². The summed E-state index contributed by atoms with van der Waals surface area (Å²) in [6, 6.07) is 10.2. The van der Waals surface area contributed by atoms with Gasteiger partial charge in [0.2, 0.25) is 0 Å². The van der Waals surface area contributed by atoms with Gasteiger partial charge >= 0.3 is 29.6 Å². The zero-order chi connectivity index (χ0) is 8.53. The smallest absolute Gasteiger partial charge is 0.554 e. The van der Waals surface area contributed by atoms with Gasteiger partial charge in [0, 0.05) is 12.2 Å². The van der Waals surface area contributed by atoms with E-state index >= 15 is 0 Å². The molecule has 4 heteroatoms. The first-order chi connectivity index (χ1) is 5.35. The van der Waals surface area contributed by atoms with Crippen LogP contribution < -0.4 is 34.7 Å². The number of rotatable bonds is 1. The van der Waals surface area contributed by atoms with E-state index in [0.717, 1.165) is 5.75 Å². The Morgan fingerprint density at radius 1 is 1.33 bits per heavy atom. The van der Waals surface area contributed by atoms with E-state index in [1.54, 1.807) is 0 Å². The van der Waals surface area contributed by atoms with Crippen LogP contribution in [0.4, 0.5) is 0 Å². The molecule has 0 heterocycles. The number of carbonyl (C=O) groups is 1. The van der Waals surface area contributed by atoms with Crippen LogP contribution in [0.1, 0.15) is 5.56 Å². The summed E-state index contributed by atoms with van der Waals surface area (Å²) in [6.45, 7) is -0.500. The minimum atomic E-state index is -0.500. The number of benzene rings is 1. The van der Waals surface area contributed by atoms with Crippen molar-refractivity contribution in [2.75, 3.05) is 0 Å². The second-order valence-corrected chi connectivity index (χ2v) is 2.06. The van der Waals surface area contributed by atoms with Crippen LogP contribution in [0.25, 0.3) is 0 Å². The van der Waals surface area contributed by atoms with Crippen molar-refractivity contribution in [3.05, 3.63) is 35.9 Å². The Hall–Kier alpha value is 0.0400. The maximum Gasteiger partial charge on any atom is 1.00 e. The summed E-state index contributed by atoms with van der Waals surface area (Å²) in [6.07, 6.45) is 0. The fourth-order valence-corrected chi connectivity index (χ4v) is 0.794. The maximum atomic E-state index is 8.25. The second kappa shape index (κ2) is 11.0. The van der Waals surface area contributed by atoms with E-state index in [1.807, 2.05) is 18.2 Å². The average Bonchev–Trinajstić information content (AvgIpc) is 2.08. The Labute approximate surface area is 99.7 Å². The number of carboxylic acid groups (broad SMARTS) is 1. The average molecular weight is 192 g/mol. The number of thiol groups is 1. The predicted octanol–water partition coefficient (Wildman–Crippen LogP) is -2.51. The summed E-state index contributed by atoms with van der Waals surface area (Å²) in [5.74, 6) is 0.834. The van der Waals surface area contributed by atoms with Gasteiger partial charge in [-0.05, 0) is 5.56 Å². The van der Waals surface area contributed by atoms with Gasteiger partial charge in [0.05, 0.1) is 0 Å². The van der Waals surface area contributed by atoms with E-state index in [0.29, 0.717) is 0 Å². The molecule has 0 aliphatic rings. The molecule has 0 unspecified atom stereocenters. The summed E-state index contributed by atoms with van der Waals surface area (Å²) in [4.78, 5) is 8.25. The molecule has 60 valence electrons. The van der Waals surface area contributed by atoms with Crippen molar-refractivity contribution >= 4 is 19.1 Å². The summed E-state index contributed by atoms with van der Waals surface area (Å²) in [5, 5.41) is 8.25. The van der Waals surface area contributed by atoms with Crippen LogP contribution in [0, 0.1) is 0 Å². The standard InChI is InChI=1S/C7H8S.CH2O2.Na/c8-6-7-4-2-1-3-5-7;2-1-3;/h1-5,8H,6H2;1H,(H,2,3);/q;;+1/p-1. The quantitative estimate of drug-likeness (QED) is 0.303. The molecule has 0 radical (unpaired) electrons. The first-order valence-corrected chi connectivity index (χ1v) is 3.68. The molecule has 1 aromatic rings. The summed E-state index contributed by atoms with van der Waals surface area (Å²) in [5.41, 5.74) is 1.27. The van der Waals surface area contributed by atoms with Gasteiger partial charge in [0.25, 0.3) is 0 Å². The second-order valence-electron chi connectivity index (χ2n) is 1.74.